The Morgan fingerprint density at radius 3 is 3.11 bits per heavy atom. The van der Waals surface area contributed by atoms with Crippen LogP contribution in [0.5, 0.6) is 0 Å². The third kappa shape index (κ3) is 2.17. The summed E-state index contributed by atoms with van der Waals surface area (Å²) >= 11 is 3.43. The molecule has 100 valence electrons. The summed E-state index contributed by atoms with van der Waals surface area (Å²) in [5, 5.41) is 0. The van der Waals surface area contributed by atoms with E-state index in [0.29, 0.717) is 12.6 Å². The van der Waals surface area contributed by atoms with E-state index in [1.165, 1.54) is 5.56 Å². The van der Waals surface area contributed by atoms with Crippen LogP contribution in [0.1, 0.15) is 12.5 Å². The summed E-state index contributed by atoms with van der Waals surface area (Å²) in [7, 11) is 0. The van der Waals surface area contributed by atoms with Gasteiger partial charge in [0, 0.05) is 30.2 Å². The monoisotopic (exact) mass is 321 g/mol. The van der Waals surface area contributed by atoms with Gasteiger partial charge in [-0.1, -0.05) is 34.6 Å². The number of rotatable bonds is 2. The number of hydrogen-bond acceptors (Lipinski definition) is 2. The van der Waals surface area contributed by atoms with Crippen molar-refractivity contribution in [3.05, 3.63) is 45.3 Å². The largest absolute Gasteiger partial charge is 0.326 e. The van der Waals surface area contributed by atoms with Crippen LogP contribution in [0.4, 0.5) is 0 Å². The average molecular weight is 322 g/mol. The number of H-pyrrole nitrogens is 1. The summed E-state index contributed by atoms with van der Waals surface area (Å²) in [6.45, 7) is 8.39. The SMILES string of the molecule is C=C(Br)CN1Cc2cccc3[nH]c(=O)n(c23)C[C@@H]1C. The number of para-hydroxylation sites is 1. The first kappa shape index (κ1) is 12.7. The highest BCUT2D eigenvalue weighted by Crippen LogP contribution is 2.24. The summed E-state index contributed by atoms with van der Waals surface area (Å²) in [4.78, 5) is 17.3. The second-order valence-corrected chi connectivity index (χ2v) is 6.25. The molecule has 0 fully saturated rings. The first-order valence-electron chi connectivity index (χ1n) is 6.34. The fourth-order valence-corrected chi connectivity index (χ4v) is 3.11. The van der Waals surface area contributed by atoms with Crippen LogP contribution >= 0.6 is 15.9 Å². The molecule has 0 unspecified atom stereocenters. The van der Waals surface area contributed by atoms with Crippen molar-refractivity contribution in [1.82, 2.24) is 14.5 Å². The summed E-state index contributed by atoms with van der Waals surface area (Å²) < 4.78 is 2.82. The fourth-order valence-electron chi connectivity index (χ4n) is 2.78. The molecule has 1 aromatic heterocycles. The summed E-state index contributed by atoms with van der Waals surface area (Å²) in [5.74, 6) is 0. The zero-order chi connectivity index (χ0) is 13.6. The molecule has 2 aromatic rings. The molecular formula is C14H16BrN3O. The minimum Gasteiger partial charge on any atom is -0.306 e. The van der Waals surface area contributed by atoms with E-state index in [9.17, 15) is 4.79 Å². The molecular weight excluding hydrogens is 306 g/mol. The second kappa shape index (κ2) is 4.65. The van der Waals surface area contributed by atoms with Crippen LogP contribution in [0.15, 0.2) is 34.1 Å². The Hall–Kier alpha value is -1.33. The van der Waals surface area contributed by atoms with Crippen LogP contribution < -0.4 is 5.69 Å². The van der Waals surface area contributed by atoms with E-state index in [1.54, 1.807) is 0 Å². The van der Waals surface area contributed by atoms with Gasteiger partial charge in [0.15, 0.2) is 0 Å². The van der Waals surface area contributed by atoms with Gasteiger partial charge in [0.2, 0.25) is 0 Å². The van der Waals surface area contributed by atoms with Crippen molar-refractivity contribution in [1.29, 1.82) is 0 Å². The number of aromatic nitrogens is 2. The van der Waals surface area contributed by atoms with Gasteiger partial charge < -0.3 is 4.98 Å². The van der Waals surface area contributed by atoms with Crippen LogP contribution in [0.2, 0.25) is 0 Å². The molecule has 0 spiro atoms. The minimum atomic E-state index is -0.0196. The Morgan fingerprint density at radius 2 is 2.37 bits per heavy atom. The van der Waals surface area contributed by atoms with Gasteiger partial charge in [0.25, 0.3) is 0 Å². The highest BCUT2D eigenvalue weighted by atomic mass is 79.9. The van der Waals surface area contributed by atoms with E-state index in [0.717, 1.165) is 28.6 Å². The maximum absolute atomic E-state index is 12.0. The van der Waals surface area contributed by atoms with Crippen molar-refractivity contribution >= 4 is 27.0 Å². The molecule has 0 aliphatic carbocycles. The Labute approximate surface area is 119 Å². The van der Waals surface area contributed by atoms with Gasteiger partial charge in [-0.05, 0) is 18.6 Å². The lowest BCUT2D eigenvalue weighted by Crippen LogP contribution is -2.36. The van der Waals surface area contributed by atoms with E-state index < -0.39 is 0 Å². The number of imidazole rings is 1. The molecule has 0 radical (unpaired) electrons. The van der Waals surface area contributed by atoms with Crippen LogP contribution in [0.3, 0.4) is 0 Å². The standard InChI is InChI=1S/C14H16BrN3O/c1-9(15)6-17-8-11-4-3-5-12-13(11)18(7-10(17)2)14(19)16-12/h3-5,10H,1,6-8H2,2H3,(H,16,19)/t10-/m0/s1. The molecule has 5 heteroatoms. The lowest BCUT2D eigenvalue weighted by Gasteiger charge is -2.26. The lowest BCUT2D eigenvalue weighted by atomic mass is 10.1. The molecule has 1 aliphatic rings. The number of aromatic amines is 1. The second-order valence-electron chi connectivity index (χ2n) is 5.13. The Bertz CT molecular complexity index is 700. The Balaban J connectivity index is 2.13. The van der Waals surface area contributed by atoms with E-state index in [-0.39, 0.29) is 5.69 Å². The van der Waals surface area contributed by atoms with Crippen molar-refractivity contribution in [3.63, 3.8) is 0 Å². The smallest absolute Gasteiger partial charge is 0.306 e. The van der Waals surface area contributed by atoms with Gasteiger partial charge in [0.05, 0.1) is 11.0 Å². The number of nitrogens with zero attached hydrogens (tertiary/aromatic N) is 2. The Kier molecular flexibility index (Phi) is 3.11. The first-order chi connectivity index (χ1) is 9.06. The highest BCUT2D eigenvalue weighted by molar-refractivity contribution is 9.11. The number of nitrogens with one attached hydrogen (secondary N) is 1. The van der Waals surface area contributed by atoms with Gasteiger partial charge >= 0.3 is 5.69 Å². The summed E-state index contributed by atoms with van der Waals surface area (Å²) in [6.07, 6.45) is 0. The average Bonchev–Trinajstić information content (AvgIpc) is 2.57. The van der Waals surface area contributed by atoms with Crippen LogP contribution in [-0.2, 0) is 13.1 Å². The molecule has 4 nitrogen and oxygen atoms in total. The molecule has 1 aromatic carbocycles. The number of benzene rings is 1. The third-order valence-electron chi connectivity index (χ3n) is 3.69. The molecule has 0 saturated heterocycles. The van der Waals surface area contributed by atoms with E-state index in [2.05, 4.69) is 45.4 Å². The summed E-state index contributed by atoms with van der Waals surface area (Å²) in [5.41, 5.74) is 3.14. The molecule has 2 heterocycles. The minimum absolute atomic E-state index is 0.0196. The van der Waals surface area contributed by atoms with Crippen molar-refractivity contribution < 1.29 is 0 Å². The van der Waals surface area contributed by atoms with E-state index >= 15 is 0 Å². The van der Waals surface area contributed by atoms with Crippen molar-refractivity contribution in [3.8, 4) is 0 Å². The highest BCUT2D eigenvalue weighted by Gasteiger charge is 2.23. The molecule has 0 saturated carbocycles. The van der Waals surface area contributed by atoms with Crippen molar-refractivity contribution in [2.75, 3.05) is 6.54 Å². The van der Waals surface area contributed by atoms with Gasteiger partial charge in [-0.25, -0.2) is 4.79 Å². The predicted molar refractivity (Wildman–Crippen MR) is 80.5 cm³/mol. The molecule has 0 amide bonds. The van der Waals surface area contributed by atoms with Crippen LogP contribution in [0.25, 0.3) is 11.0 Å². The molecule has 1 aliphatic heterocycles. The maximum atomic E-state index is 12.0. The summed E-state index contributed by atoms with van der Waals surface area (Å²) in [6, 6.07) is 6.34. The number of hydrogen-bond donors (Lipinski definition) is 1. The molecule has 1 N–H and O–H groups in total. The zero-order valence-electron chi connectivity index (χ0n) is 10.8. The third-order valence-corrected chi connectivity index (χ3v) is 3.95. The molecule has 0 bridgehead atoms. The zero-order valence-corrected chi connectivity index (χ0v) is 12.4. The van der Waals surface area contributed by atoms with Gasteiger partial charge in [-0.2, -0.15) is 0 Å². The fraction of sp³-hybridized carbons (Fsp3) is 0.357. The Morgan fingerprint density at radius 1 is 1.58 bits per heavy atom. The quantitative estimate of drug-likeness (QED) is 0.923. The topological polar surface area (TPSA) is 41.0 Å². The van der Waals surface area contributed by atoms with E-state index in [4.69, 9.17) is 0 Å². The van der Waals surface area contributed by atoms with Gasteiger partial charge in [-0.3, -0.25) is 9.47 Å². The molecule has 19 heavy (non-hydrogen) atoms. The molecule has 3 rings (SSSR count). The van der Waals surface area contributed by atoms with Crippen LogP contribution in [-0.4, -0.2) is 27.0 Å². The lowest BCUT2D eigenvalue weighted by molar-refractivity contribution is 0.209. The van der Waals surface area contributed by atoms with Gasteiger partial charge in [0.1, 0.15) is 0 Å². The normalized spacial score (nSPS) is 19.6. The number of halogens is 1. The van der Waals surface area contributed by atoms with Crippen molar-refractivity contribution in [2.24, 2.45) is 0 Å². The first-order valence-corrected chi connectivity index (χ1v) is 7.13. The van der Waals surface area contributed by atoms with Crippen molar-refractivity contribution in [2.45, 2.75) is 26.1 Å². The van der Waals surface area contributed by atoms with Gasteiger partial charge in [-0.15, -0.1) is 0 Å². The molecule has 1 atom stereocenters. The maximum Gasteiger partial charge on any atom is 0.326 e. The van der Waals surface area contributed by atoms with E-state index in [1.807, 2.05) is 16.7 Å². The predicted octanol–water partition coefficient (Wildman–Crippen LogP) is 2.44. The van der Waals surface area contributed by atoms with Crippen LogP contribution in [0, 0.1) is 0 Å².